The minimum atomic E-state index is -0.883. The zero-order valence-corrected chi connectivity index (χ0v) is 19.0. The molecule has 6 nitrogen and oxygen atoms in total. The number of aliphatic hydroxyl groups excluding tert-OH is 1. The van der Waals surface area contributed by atoms with Crippen molar-refractivity contribution in [2.24, 2.45) is 0 Å². The molecule has 0 radical (unpaired) electrons. The number of nitrogens with zero attached hydrogens (tertiary/aromatic N) is 1. The summed E-state index contributed by atoms with van der Waals surface area (Å²) >= 11 is 0. The zero-order valence-electron chi connectivity index (χ0n) is 19.0. The van der Waals surface area contributed by atoms with Gasteiger partial charge in [0.15, 0.2) is 5.79 Å². The summed E-state index contributed by atoms with van der Waals surface area (Å²) in [6.07, 6.45) is -0.373. The Labute approximate surface area is 199 Å². The third-order valence-corrected chi connectivity index (χ3v) is 5.76. The zero-order chi connectivity index (χ0) is 24.7. The Morgan fingerprint density at radius 3 is 2.46 bits per heavy atom. The quantitative estimate of drug-likeness (QED) is 0.211. The largest absolute Gasteiger partial charge is 0.506 e. The average molecular weight is 476 g/mol. The molecule has 1 aromatic heterocycles. The van der Waals surface area contributed by atoms with Crippen LogP contribution in [-0.2, 0) is 9.47 Å². The standard InChI is InChI=1S/C27H22F2N2O4/c1-27(2)34-14-22(35-27)15-6-5-7-16(10-15)24(32)23(25(33)17-11-18(28)13-19(29)12-17)26-30-20-8-3-4-9-21(20)31-26/h3-13,22,33H,14H2,1-2H3,(H,30,31). The molecular weight excluding hydrogens is 454 g/mol. The number of aromatic amines is 1. The first-order valence-electron chi connectivity index (χ1n) is 11.0. The number of Topliss-reactive ketones (excluding diaryl/α,β-unsaturated/α-hetero) is 1. The number of aliphatic hydroxyl groups is 1. The molecular formula is C27H22F2N2O4. The number of hydrogen-bond donors (Lipinski definition) is 2. The predicted molar refractivity (Wildman–Crippen MR) is 127 cm³/mol. The van der Waals surface area contributed by atoms with Crippen LogP contribution in [0.5, 0.6) is 0 Å². The molecule has 0 aliphatic carbocycles. The fourth-order valence-corrected chi connectivity index (χ4v) is 4.11. The van der Waals surface area contributed by atoms with Crippen molar-refractivity contribution in [1.29, 1.82) is 0 Å². The molecule has 178 valence electrons. The lowest BCUT2D eigenvalue weighted by Gasteiger charge is -2.17. The molecule has 8 heteroatoms. The summed E-state index contributed by atoms with van der Waals surface area (Å²) in [4.78, 5) is 21.2. The van der Waals surface area contributed by atoms with Gasteiger partial charge in [0.25, 0.3) is 0 Å². The van der Waals surface area contributed by atoms with Crippen LogP contribution in [0.25, 0.3) is 22.4 Å². The highest BCUT2D eigenvalue weighted by Crippen LogP contribution is 2.34. The molecule has 3 aromatic carbocycles. The van der Waals surface area contributed by atoms with E-state index in [0.717, 1.165) is 17.7 Å². The van der Waals surface area contributed by atoms with E-state index in [1.807, 2.05) is 6.07 Å². The minimum absolute atomic E-state index is 0.0744. The summed E-state index contributed by atoms with van der Waals surface area (Å²) in [5, 5.41) is 11.1. The second-order valence-electron chi connectivity index (χ2n) is 8.76. The average Bonchev–Trinajstić information content (AvgIpc) is 3.41. The van der Waals surface area contributed by atoms with Crippen LogP contribution < -0.4 is 0 Å². The van der Waals surface area contributed by atoms with E-state index >= 15 is 0 Å². The minimum Gasteiger partial charge on any atom is -0.506 e. The number of para-hydroxylation sites is 2. The molecule has 1 aliphatic rings. The second-order valence-corrected chi connectivity index (χ2v) is 8.76. The lowest BCUT2D eigenvalue weighted by molar-refractivity contribution is -0.139. The van der Waals surface area contributed by atoms with Crippen LogP contribution in [-0.4, -0.2) is 33.3 Å². The lowest BCUT2D eigenvalue weighted by atomic mass is 9.96. The highest BCUT2D eigenvalue weighted by Gasteiger charge is 2.34. The van der Waals surface area contributed by atoms with E-state index in [4.69, 9.17) is 9.47 Å². The van der Waals surface area contributed by atoms with Gasteiger partial charge in [-0.15, -0.1) is 0 Å². The molecule has 1 fully saturated rings. The van der Waals surface area contributed by atoms with Crippen molar-refractivity contribution in [2.75, 3.05) is 6.61 Å². The molecule has 0 bridgehead atoms. The maximum atomic E-state index is 13.9. The van der Waals surface area contributed by atoms with Crippen molar-refractivity contribution in [2.45, 2.75) is 25.7 Å². The van der Waals surface area contributed by atoms with E-state index in [0.29, 0.717) is 23.7 Å². The van der Waals surface area contributed by atoms with Crippen LogP contribution in [0.4, 0.5) is 8.78 Å². The van der Waals surface area contributed by atoms with Gasteiger partial charge in [-0.05, 0) is 49.7 Å². The number of hydrogen-bond acceptors (Lipinski definition) is 5. The summed E-state index contributed by atoms with van der Waals surface area (Å²) in [6.45, 7) is 3.94. The summed E-state index contributed by atoms with van der Waals surface area (Å²) in [6, 6.07) is 16.5. The Hall–Kier alpha value is -3.88. The van der Waals surface area contributed by atoms with Crippen molar-refractivity contribution in [3.8, 4) is 0 Å². The first-order chi connectivity index (χ1) is 16.7. The molecule has 0 amide bonds. The Morgan fingerprint density at radius 2 is 1.77 bits per heavy atom. The highest BCUT2D eigenvalue weighted by molar-refractivity contribution is 6.33. The van der Waals surface area contributed by atoms with Gasteiger partial charge in [-0.1, -0.05) is 30.3 Å². The number of H-pyrrole nitrogens is 1. The molecule has 1 atom stereocenters. The van der Waals surface area contributed by atoms with Crippen LogP contribution >= 0.6 is 0 Å². The van der Waals surface area contributed by atoms with Gasteiger partial charge >= 0.3 is 0 Å². The molecule has 1 aliphatic heterocycles. The number of carbonyl (C=O) groups is 1. The van der Waals surface area contributed by atoms with Crippen molar-refractivity contribution in [3.05, 3.63) is 101 Å². The SMILES string of the molecule is CC1(C)OCC(c2cccc(C(=O)C(=C(O)c3cc(F)cc(F)c3)c3nc4ccccc4[nH]3)c2)O1. The Bertz CT molecular complexity index is 1420. The third kappa shape index (κ3) is 4.58. The third-order valence-electron chi connectivity index (χ3n) is 5.76. The monoisotopic (exact) mass is 476 g/mol. The predicted octanol–water partition coefficient (Wildman–Crippen LogP) is 5.97. The van der Waals surface area contributed by atoms with Crippen molar-refractivity contribution in [1.82, 2.24) is 9.97 Å². The number of imidazole rings is 1. The van der Waals surface area contributed by atoms with E-state index in [9.17, 15) is 18.7 Å². The second kappa shape index (κ2) is 8.72. The number of fused-ring (bicyclic) bond motifs is 1. The van der Waals surface area contributed by atoms with E-state index in [1.165, 1.54) is 0 Å². The molecule has 35 heavy (non-hydrogen) atoms. The molecule has 1 saturated heterocycles. The van der Waals surface area contributed by atoms with Gasteiger partial charge < -0.3 is 19.6 Å². The Kier molecular flexibility index (Phi) is 5.70. The Balaban J connectivity index is 1.63. The van der Waals surface area contributed by atoms with E-state index in [-0.39, 0.29) is 28.6 Å². The van der Waals surface area contributed by atoms with Crippen LogP contribution in [0.15, 0.2) is 66.7 Å². The number of halogens is 2. The highest BCUT2D eigenvalue weighted by atomic mass is 19.1. The number of allylic oxidation sites excluding steroid dienone is 1. The van der Waals surface area contributed by atoms with Gasteiger partial charge in [0.1, 0.15) is 34.9 Å². The molecule has 2 heterocycles. The van der Waals surface area contributed by atoms with Crippen LogP contribution in [0, 0.1) is 11.6 Å². The fraction of sp³-hybridized carbons (Fsp3) is 0.185. The first-order valence-corrected chi connectivity index (χ1v) is 11.0. The van der Waals surface area contributed by atoms with Crippen molar-refractivity contribution >= 4 is 28.1 Å². The van der Waals surface area contributed by atoms with Crippen LogP contribution in [0.1, 0.15) is 47.3 Å². The summed E-state index contributed by atoms with van der Waals surface area (Å²) < 4.78 is 39.4. The number of carbonyl (C=O) groups excluding carboxylic acids is 1. The van der Waals surface area contributed by atoms with Gasteiger partial charge in [0.2, 0.25) is 5.78 Å². The first kappa shape index (κ1) is 22.9. The van der Waals surface area contributed by atoms with Gasteiger partial charge in [-0.25, -0.2) is 13.8 Å². The topological polar surface area (TPSA) is 84.4 Å². The van der Waals surface area contributed by atoms with E-state index in [1.54, 1.807) is 56.3 Å². The molecule has 4 aromatic rings. The molecule has 0 saturated carbocycles. The van der Waals surface area contributed by atoms with Gasteiger partial charge in [0, 0.05) is 17.2 Å². The van der Waals surface area contributed by atoms with Crippen LogP contribution in [0.3, 0.4) is 0 Å². The number of rotatable bonds is 5. The number of ether oxygens (including phenoxy) is 2. The number of aromatic nitrogens is 2. The van der Waals surface area contributed by atoms with Gasteiger partial charge in [-0.3, -0.25) is 4.79 Å². The number of benzene rings is 3. The van der Waals surface area contributed by atoms with Gasteiger partial charge in [-0.2, -0.15) is 0 Å². The number of ketones is 1. The number of nitrogens with one attached hydrogen (secondary N) is 1. The van der Waals surface area contributed by atoms with Crippen LogP contribution in [0.2, 0.25) is 0 Å². The molecule has 2 N–H and O–H groups in total. The fourth-order valence-electron chi connectivity index (χ4n) is 4.11. The normalized spacial score (nSPS) is 18.0. The summed E-state index contributed by atoms with van der Waals surface area (Å²) in [5.41, 5.74) is 1.78. The smallest absolute Gasteiger partial charge is 0.200 e. The maximum Gasteiger partial charge on any atom is 0.200 e. The maximum absolute atomic E-state index is 13.9. The molecule has 1 unspecified atom stereocenters. The molecule has 5 rings (SSSR count). The van der Waals surface area contributed by atoms with Gasteiger partial charge in [0.05, 0.1) is 17.6 Å². The van der Waals surface area contributed by atoms with E-state index in [2.05, 4.69) is 9.97 Å². The van der Waals surface area contributed by atoms with Crippen molar-refractivity contribution in [3.63, 3.8) is 0 Å². The van der Waals surface area contributed by atoms with Crippen molar-refractivity contribution < 1.29 is 28.2 Å². The molecule has 0 spiro atoms. The lowest BCUT2D eigenvalue weighted by Crippen LogP contribution is -2.19. The summed E-state index contributed by atoms with van der Waals surface area (Å²) in [5.74, 6) is -3.61. The Morgan fingerprint density at radius 1 is 1.03 bits per heavy atom. The van der Waals surface area contributed by atoms with E-state index < -0.39 is 29.0 Å². The summed E-state index contributed by atoms with van der Waals surface area (Å²) in [7, 11) is 0.